The maximum Gasteiger partial charge on any atom is 0.263 e. The smallest absolute Gasteiger partial charge is 0.263 e. The van der Waals surface area contributed by atoms with Gasteiger partial charge in [-0.3, -0.25) is 4.79 Å². The minimum atomic E-state index is -0.174. The van der Waals surface area contributed by atoms with Crippen LogP contribution in [0.3, 0.4) is 0 Å². The average molecular weight is 299 g/mol. The highest BCUT2D eigenvalue weighted by Gasteiger charge is 2.21. The van der Waals surface area contributed by atoms with Gasteiger partial charge in [0.05, 0.1) is 4.91 Å². The summed E-state index contributed by atoms with van der Waals surface area (Å²) in [6.07, 6.45) is 5.11. The lowest BCUT2D eigenvalue weighted by Gasteiger charge is -2.00. The second kappa shape index (κ2) is 5.52. The van der Waals surface area contributed by atoms with Gasteiger partial charge in [-0.15, -0.1) is 0 Å². The zero-order chi connectivity index (χ0) is 13.9. The molecule has 1 aliphatic rings. The van der Waals surface area contributed by atoms with Crippen LogP contribution in [0.5, 0.6) is 0 Å². The largest absolute Gasteiger partial charge is 0.307 e. The van der Waals surface area contributed by atoms with E-state index in [0.29, 0.717) is 15.1 Å². The molecule has 2 heterocycles. The Morgan fingerprint density at radius 2 is 1.85 bits per heavy atom. The molecule has 0 radical (unpaired) electrons. The second-order valence-electron chi connectivity index (χ2n) is 4.06. The van der Waals surface area contributed by atoms with Crippen molar-refractivity contribution in [3.05, 3.63) is 53.2 Å². The monoisotopic (exact) mass is 299 g/mol. The number of hydrogen-bond acceptors (Lipinski definition) is 5. The summed E-state index contributed by atoms with van der Waals surface area (Å²) in [7, 11) is 0. The number of thiocarbonyl (C=S) groups is 1. The number of rotatable bonds is 2. The predicted molar refractivity (Wildman–Crippen MR) is 83.8 cm³/mol. The van der Waals surface area contributed by atoms with Crippen molar-refractivity contribution in [2.24, 2.45) is 0 Å². The first-order valence-electron chi connectivity index (χ1n) is 5.85. The second-order valence-corrected chi connectivity index (χ2v) is 5.78. The molecule has 3 rings (SSSR count). The number of benzene rings is 1. The number of aromatic nitrogens is 2. The highest BCUT2D eigenvalue weighted by molar-refractivity contribution is 8.26. The molecule has 0 bridgehead atoms. The van der Waals surface area contributed by atoms with E-state index in [4.69, 9.17) is 12.2 Å². The molecule has 0 aliphatic carbocycles. The fourth-order valence-corrected chi connectivity index (χ4v) is 2.77. The van der Waals surface area contributed by atoms with Gasteiger partial charge in [0, 0.05) is 23.5 Å². The lowest BCUT2D eigenvalue weighted by Crippen LogP contribution is -2.17. The van der Waals surface area contributed by atoms with Gasteiger partial charge < -0.3 is 5.32 Å². The SMILES string of the molecule is O=C1NC(=S)S/C1=C/c1cnc(-c2ccccc2)nc1. The maximum atomic E-state index is 11.5. The first-order chi connectivity index (χ1) is 9.72. The summed E-state index contributed by atoms with van der Waals surface area (Å²) in [6.45, 7) is 0. The van der Waals surface area contributed by atoms with E-state index in [1.165, 1.54) is 11.8 Å². The van der Waals surface area contributed by atoms with Crippen molar-refractivity contribution in [3.63, 3.8) is 0 Å². The minimum absolute atomic E-state index is 0.174. The normalized spacial score (nSPS) is 16.5. The summed E-state index contributed by atoms with van der Waals surface area (Å²) < 4.78 is 0.475. The zero-order valence-corrected chi connectivity index (χ0v) is 11.9. The van der Waals surface area contributed by atoms with E-state index in [0.717, 1.165) is 11.1 Å². The van der Waals surface area contributed by atoms with Crippen molar-refractivity contribution in [1.29, 1.82) is 0 Å². The molecule has 1 aromatic heterocycles. The van der Waals surface area contributed by atoms with Crippen molar-refractivity contribution >= 4 is 40.3 Å². The van der Waals surface area contributed by atoms with Gasteiger partial charge in [0.25, 0.3) is 5.91 Å². The van der Waals surface area contributed by atoms with E-state index in [2.05, 4.69) is 15.3 Å². The molecular formula is C14H9N3OS2. The summed E-state index contributed by atoms with van der Waals surface area (Å²) in [5, 5.41) is 2.57. The van der Waals surface area contributed by atoms with E-state index in [9.17, 15) is 4.79 Å². The number of thioether (sulfide) groups is 1. The lowest BCUT2D eigenvalue weighted by atomic mass is 10.2. The quantitative estimate of drug-likeness (QED) is 0.682. The molecule has 2 aromatic rings. The van der Waals surface area contributed by atoms with E-state index < -0.39 is 0 Å². The Hall–Kier alpha value is -2.05. The Morgan fingerprint density at radius 3 is 2.45 bits per heavy atom. The summed E-state index contributed by atoms with van der Waals surface area (Å²) in [6, 6.07) is 9.73. The molecule has 1 N–H and O–H groups in total. The minimum Gasteiger partial charge on any atom is -0.307 e. The molecule has 0 saturated carbocycles. The van der Waals surface area contributed by atoms with Crippen LogP contribution in [0.2, 0.25) is 0 Å². The van der Waals surface area contributed by atoms with Crippen LogP contribution in [0.25, 0.3) is 17.5 Å². The van der Waals surface area contributed by atoms with E-state index in [1.807, 2.05) is 30.3 Å². The lowest BCUT2D eigenvalue weighted by molar-refractivity contribution is -0.115. The Kier molecular flexibility index (Phi) is 3.58. The number of carbonyl (C=O) groups is 1. The number of nitrogens with one attached hydrogen (secondary N) is 1. The topological polar surface area (TPSA) is 54.9 Å². The van der Waals surface area contributed by atoms with Crippen LogP contribution in [0.15, 0.2) is 47.6 Å². The fraction of sp³-hybridized carbons (Fsp3) is 0. The van der Waals surface area contributed by atoms with Crippen molar-refractivity contribution < 1.29 is 4.79 Å². The fourth-order valence-electron chi connectivity index (χ4n) is 1.72. The van der Waals surface area contributed by atoms with Crippen LogP contribution in [0, 0.1) is 0 Å². The van der Waals surface area contributed by atoms with E-state index >= 15 is 0 Å². The molecule has 6 heteroatoms. The molecular weight excluding hydrogens is 290 g/mol. The molecule has 1 aliphatic heterocycles. The number of amides is 1. The third-order valence-corrected chi connectivity index (χ3v) is 3.81. The van der Waals surface area contributed by atoms with Crippen LogP contribution in [0.1, 0.15) is 5.56 Å². The molecule has 0 unspecified atom stereocenters. The van der Waals surface area contributed by atoms with Gasteiger partial charge in [0.2, 0.25) is 0 Å². The molecule has 1 aromatic carbocycles. The average Bonchev–Trinajstić information content (AvgIpc) is 2.79. The van der Waals surface area contributed by atoms with Crippen LogP contribution < -0.4 is 5.32 Å². The Morgan fingerprint density at radius 1 is 1.15 bits per heavy atom. The number of nitrogens with zero attached hydrogens (tertiary/aromatic N) is 2. The molecule has 1 fully saturated rings. The van der Waals surface area contributed by atoms with E-state index in [-0.39, 0.29) is 5.91 Å². The van der Waals surface area contributed by atoms with Crippen LogP contribution in [-0.2, 0) is 4.79 Å². The van der Waals surface area contributed by atoms with Crippen LogP contribution in [0.4, 0.5) is 0 Å². The number of carbonyl (C=O) groups excluding carboxylic acids is 1. The van der Waals surface area contributed by atoms with Crippen molar-refractivity contribution in [3.8, 4) is 11.4 Å². The Labute approximate surface area is 125 Å². The third kappa shape index (κ3) is 2.76. The third-order valence-electron chi connectivity index (χ3n) is 2.64. The predicted octanol–water partition coefficient (Wildman–Crippen LogP) is 2.63. The zero-order valence-electron chi connectivity index (χ0n) is 10.2. The molecule has 1 amide bonds. The number of hydrogen-bond donors (Lipinski definition) is 1. The highest BCUT2D eigenvalue weighted by Crippen LogP contribution is 2.25. The first-order valence-corrected chi connectivity index (χ1v) is 7.07. The molecule has 0 atom stereocenters. The van der Waals surface area contributed by atoms with Crippen LogP contribution >= 0.6 is 24.0 Å². The van der Waals surface area contributed by atoms with Crippen molar-refractivity contribution in [2.75, 3.05) is 0 Å². The van der Waals surface area contributed by atoms with Gasteiger partial charge in [-0.1, -0.05) is 54.3 Å². The van der Waals surface area contributed by atoms with Crippen molar-refractivity contribution in [2.45, 2.75) is 0 Å². The van der Waals surface area contributed by atoms with Gasteiger partial charge in [0.1, 0.15) is 4.32 Å². The molecule has 98 valence electrons. The standard InChI is InChI=1S/C14H9N3OS2/c18-13-11(20-14(19)17-13)6-9-7-15-12(16-8-9)10-4-2-1-3-5-10/h1-8H,(H,17,18,19)/b11-6+. The van der Waals surface area contributed by atoms with Gasteiger partial charge in [-0.25, -0.2) is 9.97 Å². The summed E-state index contributed by atoms with van der Waals surface area (Å²) in [4.78, 5) is 20.7. The van der Waals surface area contributed by atoms with Gasteiger partial charge in [0.15, 0.2) is 5.82 Å². The molecule has 20 heavy (non-hydrogen) atoms. The van der Waals surface area contributed by atoms with Gasteiger partial charge in [-0.05, 0) is 6.08 Å². The Balaban J connectivity index is 1.86. The van der Waals surface area contributed by atoms with E-state index in [1.54, 1.807) is 18.5 Å². The van der Waals surface area contributed by atoms with Gasteiger partial charge in [-0.2, -0.15) is 0 Å². The molecule has 4 nitrogen and oxygen atoms in total. The molecule has 1 saturated heterocycles. The summed E-state index contributed by atoms with van der Waals surface area (Å²) >= 11 is 6.18. The molecule has 0 spiro atoms. The maximum absolute atomic E-state index is 11.5. The first kappa shape index (κ1) is 13.0. The Bertz CT molecular complexity index is 696. The van der Waals surface area contributed by atoms with Crippen molar-refractivity contribution in [1.82, 2.24) is 15.3 Å². The highest BCUT2D eigenvalue weighted by atomic mass is 32.2. The van der Waals surface area contributed by atoms with Gasteiger partial charge >= 0.3 is 0 Å². The summed E-state index contributed by atoms with van der Waals surface area (Å²) in [5.74, 6) is 0.485. The van der Waals surface area contributed by atoms with Crippen LogP contribution in [-0.4, -0.2) is 20.2 Å². The summed E-state index contributed by atoms with van der Waals surface area (Å²) in [5.41, 5.74) is 1.73.